The number of carbonyl (C=O) groups excluding carboxylic acids is 4. The number of hydrogen-bond donors (Lipinski definition) is 4. The minimum atomic E-state index is -0.150. The summed E-state index contributed by atoms with van der Waals surface area (Å²) in [6, 6.07) is 0. The van der Waals surface area contributed by atoms with Crippen LogP contribution in [0.2, 0.25) is 0 Å². The van der Waals surface area contributed by atoms with E-state index in [4.69, 9.17) is 15.2 Å². The Kier molecular flexibility index (Phi) is 49.0. The fourth-order valence-electron chi connectivity index (χ4n) is 6.03. The molecule has 0 saturated carbocycles. The van der Waals surface area contributed by atoms with Gasteiger partial charge in [0.05, 0.1) is 24.9 Å². The van der Waals surface area contributed by atoms with Gasteiger partial charge in [-0.15, -0.1) is 0 Å². The topological polar surface area (TPSA) is 149 Å². The van der Waals surface area contributed by atoms with Gasteiger partial charge in [-0.1, -0.05) is 137 Å². The van der Waals surface area contributed by atoms with Crippen molar-refractivity contribution in [3.63, 3.8) is 0 Å². The fourth-order valence-corrected chi connectivity index (χ4v) is 6.03. The maximum atomic E-state index is 12.2. The van der Waals surface area contributed by atoms with E-state index in [0.29, 0.717) is 31.3 Å². The largest absolute Gasteiger partial charge is 0.465 e. The quantitative estimate of drug-likeness (QED) is 0.0277. The summed E-state index contributed by atoms with van der Waals surface area (Å²) in [7, 11) is 1.70. The van der Waals surface area contributed by atoms with Gasteiger partial charge >= 0.3 is 5.97 Å². The van der Waals surface area contributed by atoms with Crippen LogP contribution < -0.4 is 21.7 Å². The number of nitrogens with one attached hydrogen (secondary N) is 3. The lowest BCUT2D eigenvalue weighted by Crippen LogP contribution is -2.37. The lowest BCUT2D eigenvalue weighted by atomic mass is 9.95. The standard InChI is InChI=1S/C25H48N2O5.C16H32O.C4H10N2/c1-4-6-10-16-22(15-5-2)25(30)32-20-14-9-11-17-23(28)27-21-24(29)26-18-12-7-8-13-19-31-3;1-3-5-7-9-10-12-14-16(15-17)13-11-8-6-4-2;1-3-6-4(2)5/h22H,4-21H2,1-3H3,(H,26,29)(H,27,28);15-16H,3-14H2,1-2H3;6H,2-3,5H2,1H3. The number of aldehydes is 1. The van der Waals surface area contributed by atoms with E-state index in [2.05, 4.69) is 50.2 Å². The molecule has 0 aromatic rings. The van der Waals surface area contributed by atoms with Crippen molar-refractivity contribution in [1.29, 1.82) is 0 Å². The Labute approximate surface area is 339 Å². The Morgan fingerprint density at radius 1 is 0.600 bits per heavy atom. The van der Waals surface area contributed by atoms with E-state index in [1.807, 2.05) is 6.92 Å². The van der Waals surface area contributed by atoms with Crippen LogP contribution in [-0.2, 0) is 28.7 Å². The van der Waals surface area contributed by atoms with E-state index in [9.17, 15) is 19.2 Å². The van der Waals surface area contributed by atoms with E-state index in [0.717, 1.165) is 109 Å². The molecule has 2 atom stereocenters. The van der Waals surface area contributed by atoms with Crippen molar-refractivity contribution in [2.45, 2.75) is 202 Å². The van der Waals surface area contributed by atoms with Crippen LogP contribution in [0.15, 0.2) is 12.4 Å². The molecule has 10 heteroatoms. The highest BCUT2D eigenvalue weighted by atomic mass is 16.5. The van der Waals surface area contributed by atoms with Crippen LogP contribution in [0.1, 0.15) is 202 Å². The van der Waals surface area contributed by atoms with Crippen molar-refractivity contribution in [3.05, 3.63) is 12.4 Å². The van der Waals surface area contributed by atoms with Crippen molar-refractivity contribution in [3.8, 4) is 0 Å². The highest BCUT2D eigenvalue weighted by Crippen LogP contribution is 2.18. The number of esters is 1. The zero-order valence-corrected chi connectivity index (χ0v) is 36.9. The molecule has 326 valence electrons. The summed E-state index contributed by atoms with van der Waals surface area (Å²) in [6.07, 6.45) is 29.6. The third-order valence-electron chi connectivity index (χ3n) is 9.42. The lowest BCUT2D eigenvalue weighted by molar-refractivity contribution is -0.149. The number of methoxy groups -OCH3 is 1. The zero-order valence-electron chi connectivity index (χ0n) is 36.9. The number of nitrogens with two attached hydrogens (primary N) is 1. The van der Waals surface area contributed by atoms with Crippen LogP contribution in [0.5, 0.6) is 0 Å². The van der Waals surface area contributed by atoms with Gasteiger partial charge in [-0.25, -0.2) is 0 Å². The van der Waals surface area contributed by atoms with E-state index in [1.54, 1.807) is 7.11 Å². The number of amides is 2. The number of rotatable bonds is 37. The van der Waals surface area contributed by atoms with Crippen molar-refractivity contribution >= 4 is 24.1 Å². The first-order valence-corrected chi connectivity index (χ1v) is 22.5. The first kappa shape index (κ1) is 56.7. The molecule has 0 aromatic carbocycles. The van der Waals surface area contributed by atoms with Crippen molar-refractivity contribution in [2.75, 3.05) is 40.0 Å². The van der Waals surface area contributed by atoms with Crippen LogP contribution in [0.25, 0.3) is 0 Å². The van der Waals surface area contributed by atoms with Gasteiger partial charge in [0.25, 0.3) is 0 Å². The number of ether oxygens (including phenoxy) is 2. The minimum Gasteiger partial charge on any atom is -0.465 e. The normalized spacial score (nSPS) is 11.5. The predicted molar refractivity (Wildman–Crippen MR) is 232 cm³/mol. The molecule has 5 N–H and O–H groups in total. The number of hydrogen-bond acceptors (Lipinski definition) is 8. The van der Waals surface area contributed by atoms with Crippen LogP contribution in [0.3, 0.4) is 0 Å². The summed E-state index contributed by atoms with van der Waals surface area (Å²) < 4.78 is 10.4. The Balaban J connectivity index is -0.000000973. The monoisotopic (exact) mass is 783 g/mol. The van der Waals surface area contributed by atoms with Gasteiger partial charge in [0.15, 0.2) is 0 Å². The Hall–Kier alpha value is -2.62. The fraction of sp³-hybridized carbons (Fsp3) is 0.867. The predicted octanol–water partition coefficient (Wildman–Crippen LogP) is 10.1. The minimum absolute atomic E-state index is 0.0248. The first-order valence-electron chi connectivity index (χ1n) is 22.5. The molecule has 2 amide bonds. The van der Waals surface area contributed by atoms with Gasteiger partial charge < -0.3 is 36.0 Å². The van der Waals surface area contributed by atoms with Crippen molar-refractivity contribution in [2.24, 2.45) is 17.6 Å². The third-order valence-corrected chi connectivity index (χ3v) is 9.42. The third kappa shape index (κ3) is 47.5. The summed E-state index contributed by atoms with van der Waals surface area (Å²) in [5.41, 5.74) is 5.10. The van der Waals surface area contributed by atoms with Gasteiger partial charge in [0.2, 0.25) is 11.8 Å². The number of unbranched alkanes of at least 4 members (excludes halogenated alkanes) is 15. The van der Waals surface area contributed by atoms with E-state index in [-0.39, 0.29) is 30.2 Å². The van der Waals surface area contributed by atoms with E-state index in [1.165, 1.54) is 70.5 Å². The van der Waals surface area contributed by atoms with Gasteiger partial charge in [-0.2, -0.15) is 0 Å². The molecule has 0 bridgehead atoms. The van der Waals surface area contributed by atoms with Gasteiger partial charge in [-0.3, -0.25) is 14.4 Å². The summed E-state index contributed by atoms with van der Waals surface area (Å²) in [5, 5.41) is 8.28. The molecule has 0 aliphatic carbocycles. The molecule has 0 aliphatic heterocycles. The molecule has 0 fully saturated rings. The molecule has 2 unspecified atom stereocenters. The average Bonchev–Trinajstić information content (AvgIpc) is 3.17. The molecule has 0 aliphatic rings. The molecule has 0 aromatic heterocycles. The second-order valence-electron chi connectivity index (χ2n) is 14.9. The molecule has 0 radical (unpaired) electrons. The van der Waals surface area contributed by atoms with Crippen LogP contribution in [0.4, 0.5) is 0 Å². The van der Waals surface area contributed by atoms with Crippen LogP contribution in [-0.4, -0.2) is 64.0 Å². The first-order chi connectivity index (χ1) is 26.7. The second-order valence-corrected chi connectivity index (χ2v) is 14.9. The Morgan fingerprint density at radius 2 is 1.13 bits per heavy atom. The van der Waals surface area contributed by atoms with E-state index >= 15 is 0 Å². The summed E-state index contributed by atoms with van der Waals surface area (Å²) in [6.45, 7) is 16.8. The summed E-state index contributed by atoms with van der Waals surface area (Å²) >= 11 is 0. The number of carbonyl (C=O) groups is 4. The van der Waals surface area contributed by atoms with E-state index < -0.39 is 0 Å². The Bertz CT molecular complexity index is 872. The molecule has 0 heterocycles. The molecule has 55 heavy (non-hydrogen) atoms. The Morgan fingerprint density at radius 3 is 1.69 bits per heavy atom. The van der Waals surface area contributed by atoms with Gasteiger partial charge in [0, 0.05) is 39.1 Å². The molecule has 0 rings (SSSR count). The average molecular weight is 783 g/mol. The van der Waals surface area contributed by atoms with Crippen LogP contribution >= 0.6 is 0 Å². The summed E-state index contributed by atoms with van der Waals surface area (Å²) in [5.74, 6) is 0.578. The lowest BCUT2D eigenvalue weighted by Gasteiger charge is -2.15. The van der Waals surface area contributed by atoms with Gasteiger partial charge in [0.1, 0.15) is 6.29 Å². The highest BCUT2D eigenvalue weighted by Gasteiger charge is 2.18. The second kappa shape index (κ2) is 47.5. The molecule has 0 saturated heterocycles. The maximum absolute atomic E-state index is 12.2. The summed E-state index contributed by atoms with van der Waals surface area (Å²) in [4.78, 5) is 46.8. The van der Waals surface area contributed by atoms with Crippen molar-refractivity contribution < 1.29 is 28.7 Å². The maximum Gasteiger partial charge on any atom is 0.308 e. The SMILES string of the molecule is C=C(N)NCC.CCCCCC(CCC)C(=O)OCCCCCC(=O)NCC(=O)NCCCCCCOC.CCCCCCCCC(C=O)CCCCCC. The zero-order chi connectivity index (χ0) is 41.6. The molecular formula is C45H90N4O6. The molecule has 0 spiro atoms. The smallest absolute Gasteiger partial charge is 0.308 e. The van der Waals surface area contributed by atoms with Gasteiger partial charge in [-0.05, 0) is 64.7 Å². The molecular weight excluding hydrogens is 693 g/mol. The van der Waals surface area contributed by atoms with Crippen LogP contribution in [0, 0.1) is 11.8 Å². The molecule has 10 nitrogen and oxygen atoms in total. The van der Waals surface area contributed by atoms with Crippen molar-refractivity contribution in [1.82, 2.24) is 16.0 Å². The highest BCUT2D eigenvalue weighted by molar-refractivity contribution is 5.84.